The first-order valence-corrected chi connectivity index (χ1v) is 7.62. The Bertz CT molecular complexity index is 741. The monoisotopic (exact) mass is 326 g/mol. The summed E-state index contributed by atoms with van der Waals surface area (Å²) < 4.78 is 5.40. The van der Waals surface area contributed by atoms with Crippen molar-refractivity contribution in [3.8, 4) is 16.9 Å². The van der Waals surface area contributed by atoms with Crippen LogP contribution in [0.3, 0.4) is 0 Å². The topological polar surface area (TPSA) is 78.5 Å². The van der Waals surface area contributed by atoms with Gasteiger partial charge in [-0.05, 0) is 55.7 Å². The molecule has 2 rings (SSSR count). The number of Topliss-reactive ketones (excluding diaryl/α,β-unsaturated/α-hetero) is 2. The number of anilines is 1. The number of carbonyl (C=O) groups excluding carboxylic acids is 2. The number of hydrogen-bond acceptors (Lipinski definition) is 5. The normalized spacial score (nSPS) is 10.5. The van der Waals surface area contributed by atoms with Crippen molar-refractivity contribution < 1.29 is 14.3 Å². The fraction of sp³-hybridized carbons (Fsp3) is 0.263. The minimum atomic E-state index is -0.638. The lowest BCUT2D eigenvalue weighted by Crippen LogP contribution is -2.21. The van der Waals surface area contributed by atoms with Crippen LogP contribution in [0, 0.1) is 11.1 Å². The molecule has 0 bridgehead atoms. The number of hydrogen-bond donors (Lipinski definition) is 1. The highest BCUT2D eigenvalue weighted by atomic mass is 16.5. The fourth-order valence-corrected chi connectivity index (χ4v) is 2.67. The second-order valence-corrected chi connectivity index (χ2v) is 5.70. The molecule has 2 aromatic rings. The third-order valence-electron chi connectivity index (χ3n) is 3.98. The highest BCUT2D eigenvalue weighted by molar-refractivity contribution is 6.00. The number of carbonyl (C=O) groups is 2. The summed E-state index contributed by atoms with van der Waals surface area (Å²) in [6, 6.07) is 12.6. The molecular weight excluding hydrogens is 306 g/mol. The maximum Gasteiger partial charge on any atom is 0.140 e. The van der Waals surface area contributed by atoms with E-state index in [-0.39, 0.29) is 11.6 Å². The Morgan fingerprint density at radius 1 is 1.12 bits per heavy atom. The van der Waals surface area contributed by atoms with Gasteiger partial charge in [0.05, 0.1) is 13.0 Å². The molecule has 126 valence electrons. The summed E-state index contributed by atoms with van der Waals surface area (Å²) in [6.07, 6.45) is 0.348. The van der Waals surface area contributed by atoms with Crippen LogP contribution in [-0.4, -0.2) is 18.7 Å². The van der Waals surface area contributed by atoms with Gasteiger partial charge in [0, 0.05) is 11.3 Å². The van der Waals surface area contributed by atoms with E-state index in [1.54, 1.807) is 31.4 Å². The number of rotatable bonds is 7. The van der Waals surface area contributed by atoms with Gasteiger partial charge in [-0.3, -0.25) is 9.59 Å². The summed E-state index contributed by atoms with van der Waals surface area (Å²) in [5, 5.41) is 10.9. The third-order valence-corrected chi connectivity index (χ3v) is 3.98. The summed E-state index contributed by atoms with van der Waals surface area (Å²) >= 11 is 0. The van der Waals surface area contributed by atoms with Gasteiger partial charge >= 0.3 is 0 Å². The molecule has 0 aromatic heterocycles. The number of ether oxygens (including phenoxy) is 1. The summed E-state index contributed by atoms with van der Waals surface area (Å²) in [7, 11) is 1.57. The molecule has 0 saturated heterocycles. The van der Waals surface area contributed by atoms with E-state index in [2.05, 4.69) is 0 Å². The van der Waals surface area contributed by atoms with Crippen molar-refractivity contribution in [2.24, 2.45) is 5.92 Å². The molecule has 0 saturated carbocycles. The lowest BCUT2D eigenvalue weighted by Gasteiger charge is -2.15. The molecular formula is C19H20NO4-. The number of methoxy groups -OCH3 is 1. The molecule has 0 unspecified atom stereocenters. The van der Waals surface area contributed by atoms with Gasteiger partial charge in [-0.2, -0.15) is 0 Å². The van der Waals surface area contributed by atoms with Crippen LogP contribution < -0.4 is 10.2 Å². The highest BCUT2D eigenvalue weighted by Crippen LogP contribution is 2.33. The molecule has 0 aliphatic heterocycles. The Labute approximate surface area is 141 Å². The van der Waals surface area contributed by atoms with Crippen LogP contribution in [-0.2, 0) is 16.0 Å². The Morgan fingerprint density at radius 3 is 2.42 bits per heavy atom. The van der Waals surface area contributed by atoms with Crippen LogP contribution >= 0.6 is 0 Å². The zero-order chi connectivity index (χ0) is 17.7. The molecule has 0 heterocycles. The van der Waals surface area contributed by atoms with E-state index in [0.29, 0.717) is 17.9 Å². The van der Waals surface area contributed by atoms with Crippen molar-refractivity contribution in [1.82, 2.24) is 0 Å². The first-order valence-electron chi connectivity index (χ1n) is 7.62. The maximum atomic E-state index is 11.7. The Morgan fingerprint density at radius 2 is 1.83 bits per heavy atom. The lowest BCUT2D eigenvalue weighted by atomic mass is 9.91. The third kappa shape index (κ3) is 4.00. The summed E-state index contributed by atoms with van der Waals surface area (Å²) in [5.41, 5.74) is 4.80. The molecule has 0 aliphatic rings. The number of nitrogens with one attached hydrogen (secondary N) is 1. The SMILES string of the molecule is COc1ccc(CC(C(C)=O)C(C)=O)cc1-c1cccc(N[O-])c1. The first-order chi connectivity index (χ1) is 11.5. The van der Waals surface area contributed by atoms with Crippen molar-refractivity contribution in [3.63, 3.8) is 0 Å². The molecule has 5 nitrogen and oxygen atoms in total. The zero-order valence-electron chi connectivity index (χ0n) is 14.0. The Hall–Kier alpha value is -2.66. The standard InChI is InChI=1S/C19H20NO4/c1-12(21)17(13(2)22)9-14-7-8-19(24-3)18(10-14)15-5-4-6-16(11-15)20-23/h4-8,10-11,17,20H,9H2,1-3H3/q-1. The Kier molecular flexibility index (Phi) is 5.71. The average Bonchev–Trinajstić information content (AvgIpc) is 2.58. The highest BCUT2D eigenvalue weighted by Gasteiger charge is 2.20. The second kappa shape index (κ2) is 7.75. The van der Waals surface area contributed by atoms with E-state index in [0.717, 1.165) is 16.7 Å². The quantitative estimate of drug-likeness (QED) is 0.621. The van der Waals surface area contributed by atoms with Gasteiger partial charge in [0.2, 0.25) is 0 Å². The van der Waals surface area contributed by atoms with Crippen LogP contribution in [0.15, 0.2) is 42.5 Å². The van der Waals surface area contributed by atoms with Crippen molar-refractivity contribution in [3.05, 3.63) is 53.2 Å². The molecule has 5 heteroatoms. The van der Waals surface area contributed by atoms with E-state index < -0.39 is 5.92 Å². The molecule has 0 spiro atoms. The van der Waals surface area contributed by atoms with Crippen molar-refractivity contribution in [2.75, 3.05) is 12.6 Å². The molecule has 2 aromatic carbocycles. The molecule has 0 fully saturated rings. The van der Waals surface area contributed by atoms with E-state index in [4.69, 9.17) is 4.74 Å². The van der Waals surface area contributed by atoms with E-state index in [1.807, 2.05) is 23.7 Å². The molecule has 0 aliphatic carbocycles. The largest absolute Gasteiger partial charge is 0.761 e. The predicted octanol–water partition coefficient (Wildman–Crippen LogP) is 3.61. The molecule has 1 N–H and O–H groups in total. The predicted molar refractivity (Wildman–Crippen MR) is 94.0 cm³/mol. The smallest absolute Gasteiger partial charge is 0.140 e. The number of benzene rings is 2. The van der Waals surface area contributed by atoms with Gasteiger partial charge in [0.25, 0.3) is 0 Å². The van der Waals surface area contributed by atoms with Crippen molar-refractivity contribution >= 4 is 17.3 Å². The second-order valence-electron chi connectivity index (χ2n) is 5.70. The van der Waals surface area contributed by atoms with Gasteiger partial charge < -0.3 is 15.4 Å². The van der Waals surface area contributed by atoms with Gasteiger partial charge in [-0.1, -0.05) is 18.2 Å². The summed E-state index contributed by atoms with van der Waals surface area (Å²) in [4.78, 5) is 23.3. The van der Waals surface area contributed by atoms with Crippen LogP contribution in [0.5, 0.6) is 5.75 Å². The van der Waals surface area contributed by atoms with Crippen molar-refractivity contribution in [2.45, 2.75) is 20.3 Å². The van der Waals surface area contributed by atoms with Crippen LogP contribution in [0.4, 0.5) is 5.69 Å². The van der Waals surface area contributed by atoms with Crippen molar-refractivity contribution in [1.29, 1.82) is 0 Å². The van der Waals surface area contributed by atoms with E-state index in [9.17, 15) is 14.8 Å². The van der Waals surface area contributed by atoms with Crippen LogP contribution in [0.2, 0.25) is 0 Å². The first kappa shape index (κ1) is 17.7. The minimum absolute atomic E-state index is 0.141. The van der Waals surface area contributed by atoms with E-state index in [1.165, 1.54) is 13.8 Å². The van der Waals surface area contributed by atoms with Gasteiger partial charge in [-0.15, -0.1) is 0 Å². The number of ketones is 2. The molecule has 0 radical (unpaired) electrons. The Balaban J connectivity index is 2.44. The molecule has 0 amide bonds. The van der Waals surface area contributed by atoms with Crippen LogP contribution in [0.25, 0.3) is 11.1 Å². The fourth-order valence-electron chi connectivity index (χ4n) is 2.67. The van der Waals surface area contributed by atoms with Gasteiger partial charge in [-0.25, -0.2) is 0 Å². The zero-order valence-corrected chi connectivity index (χ0v) is 14.0. The van der Waals surface area contributed by atoms with Gasteiger partial charge in [0.1, 0.15) is 17.3 Å². The molecule has 0 atom stereocenters. The summed E-state index contributed by atoms with van der Waals surface area (Å²) in [5.74, 6) is -0.264. The minimum Gasteiger partial charge on any atom is -0.761 e. The summed E-state index contributed by atoms with van der Waals surface area (Å²) in [6.45, 7) is 2.86. The molecule has 24 heavy (non-hydrogen) atoms. The average molecular weight is 326 g/mol. The van der Waals surface area contributed by atoms with E-state index >= 15 is 0 Å². The van der Waals surface area contributed by atoms with Gasteiger partial charge in [0.15, 0.2) is 0 Å². The maximum absolute atomic E-state index is 11.7. The lowest BCUT2D eigenvalue weighted by molar-refractivity contribution is -0.130. The van der Waals surface area contributed by atoms with Crippen LogP contribution in [0.1, 0.15) is 19.4 Å².